The number of nitrogens with one attached hydrogen (secondary N) is 2. The Labute approximate surface area is 176 Å². The number of furan rings is 1. The summed E-state index contributed by atoms with van der Waals surface area (Å²) in [5.74, 6) is 0.432. The number of hydrogen-bond donors (Lipinski definition) is 2. The fourth-order valence-electron chi connectivity index (χ4n) is 2.50. The van der Waals surface area contributed by atoms with Crippen molar-refractivity contribution in [1.29, 1.82) is 0 Å². The molecule has 7 heteroatoms. The molecule has 0 spiro atoms. The van der Waals surface area contributed by atoms with E-state index in [4.69, 9.17) is 9.15 Å². The molecule has 1 aromatic heterocycles. The molecule has 2 N–H and O–H groups in total. The summed E-state index contributed by atoms with van der Waals surface area (Å²) in [5.41, 5.74) is 1.30. The molecule has 148 valence electrons. The topological polar surface area (TPSA) is 80.6 Å². The molecule has 0 radical (unpaired) electrons. The molecule has 0 aliphatic carbocycles. The Balaban J connectivity index is 1.79. The first kappa shape index (κ1) is 20.4. The Morgan fingerprint density at radius 1 is 1.07 bits per heavy atom. The van der Waals surface area contributed by atoms with Gasteiger partial charge in [0.15, 0.2) is 0 Å². The van der Waals surface area contributed by atoms with Crippen LogP contribution in [0.3, 0.4) is 0 Å². The lowest BCUT2D eigenvalue weighted by Crippen LogP contribution is -2.34. The second-order valence-corrected chi connectivity index (χ2v) is 6.97. The van der Waals surface area contributed by atoms with Gasteiger partial charge in [-0.2, -0.15) is 0 Å². The van der Waals surface area contributed by atoms with Crippen LogP contribution in [-0.4, -0.2) is 18.9 Å². The molecular weight excluding hydrogens is 436 g/mol. The summed E-state index contributed by atoms with van der Waals surface area (Å²) in [4.78, 5) is 25.3. The van der Waals surface area contributed by atoms with Crippen LogP contribution in [-0.2, 0) is 11.3 Å². The summed E-state index contributed by atoms with van der Waals surface area (Å²) < 4.78 is 11.3. The molecule has 0 aliphatic rings. The molecule has 2 amide bonds. The molecule has 29 heavy (non-hydrogen) atoms. The van der Waals surface area contributed by atoms with E-state index >= 15 is 0 Å². The van der Waals surface area contributed by atoms with E-state index in [1.165, 1.54) is 6.26 Å². The predicted molar refractivity (Wildman–Crippen MR) is 113 cm³/mol. The first-order chi connectivity index (χ1) is 14.0. The van der Waals surface area contributed by atoms with Gasteiger partial charge < -0.3 is 19.8 Å². The highest BCUT2D eigenvalue weighted by atomic mass is 79.9. The fraction of sp³-hybridized carbons (Fsp3) is 0.0909. The highest BCUT2D eigenvalue weighted by molar-refractivity contribution is 9.10. The molecule has 3 aromatic rings. The number of benzene rings is 2. The Morgan fingerprint density at radius 3 is 2.41 bits per heavy atom. The van der Waals surface area contributed by atoms with Gasteiger partial charge in [0.2, 0.25) is 0 Å². The number of halogens is 1. The van der Waals surface area contributed by atoms with Gasteiger partial charge in [0.25, 0.3) is 11.8 Å². The molecule has 0 aliphatic heterocycles. The molecule has 6 nitrogen and oxygen atoms in total. The average Bonchev–Trinajstić information content (AvgIpc) is 3.26. The summed E-state index contributed by atoms with van der Waals surface area (Å²) in [6.45, 7) is 0.210. The van der Waals surface area contributed by atoms with Crippen LogP contribution in [0.2, 0.25) is 0 Å². The van der Waals surface area contributed by atoms with Crippen molar-refractivity contribution in [3.8, 4) is 5.75 Å². The lowest BCUT2D eigenvalue weighted by Gasteiger charge is -2.11. The molecule has 1 heterocycles. The minimum Gasteiger partial charge on any atom is -0.497 e. The third-order valence-corrected chi connectivity index (χ3v) is 4.56. The molecule has 0 saturated heterocycles. The highest BCUT2D eigenvalue weighted by Crippen LogP contribution is 2.14. The van der Waals surface area contributed by atoms with Crippen molar-refractivity contribution >= 4 is 33.8 Å². The number of ether oxygens (including phenoxy) is 1. The zero-order valence-electron chi connectivity index (χ0n) is 15.6. The number of methoxy groups -OCH3 is 1. The second kappa shape index (κ2) is 9.75. The molecule has 0 unspecified atom stereocenters. The van der Waals surface area contributed by atoms with Crippen molar-refractivity contribution in [2.75, 3.05) is 7.11 Å². The number of hydrogen-bond acceptors (Lipinski definition) is 4. The van der Waals surface area contributed by atoms with Crippen LogP contribution in [0.1, 0.15) is 21.7 Å². The van der Waals surface area contributed by atoms with Crippen molar-refractivity contribution < 1.29 is 18.7 Å². The van der Waals surface area contributed by atoms with Gasteiger partial charge >= 0.3 is 0 Å². The first-order valence-corrected chi connectivity index (χ1v) is 9.57. The Hall–Kier alpha value is -3.32. The molecule has 0 bridgehead atoms. The van der Waals surface area contributed by atoms with E-state index in [9.17, 15) is 9.59 Å². The Bertz CT molecular complexity index is 994. The minimum atomic E-state index is -0.425. The van der Waals surface area contributed by atoms with Gasteiger partial charge in [0.1, 0.15) is 17.2 Å². The minimum absolute atomic E-state index is 0.125. The molecule has 0 atom stereocenters. The van der Waals surface area contributed by atoms with Crippen LogP contribution >= 0.6 is 15.9 Å². The van der Waals surface area contributed by atoms with Gasteiger partial charge in [0.05, 0.1) is 19.9 Å². The summed E-state index contributed by atoms with van der Waals surface area (Å²) in [5, 5.41) is 5.44. The smallest absolute Gasteiger partial charge is 0.268 e. The lowest BCUT2D eigenvalue weighted by molar-refractivity contribution is -0.118. The standard InChI is InChI=1S/C22H19BrN2O4/c1-28-18-10-6-16(7-11-18)21(26)25-20(13-15-4-8-17(23)9-5-15)22(27)24-14-19-3-2-12-29-19/h2-13H,14H2,1H3,(H,24,27)(H,25,26). The molecule has 0 fully saturated rings. The normalized spacial score (nSPS) is 11.0. The summed E-state index contributed by atoms with van der Waals surface area (Å²) in [6, 6.07) is 17.5. The molecule has 3 rings (SSSR count). The quantitative estimate of drug-likeness (QED) is 0.525. The molecule has 2 aromatic carbocycles. The highest BCUT2D eigenvalue weighted by Gasteiger charge is 2.15. The van der Waals surface area contributed by atoms with Gasteiger partial charge in [0, 0.05) is 10.0 Å². The van der Waals surface area contributed by atoms with Crippen LogP contribution in [0, 0.1) is 0 Å². The third kappa shape index (κ3) is 5.83. The van der Waals surface area contributed by atoms with Gasteiger partial charge in [-0.15, -0.1) is 0 Å². The van der Waals surface area contributed by atoms with Gasteiger partial charge in [-0.3, -0.25) is 9.59 Å². The maximum absolute atomic E-state index is 12.7. The molecular formula is C22H19BrN2O4. The van der Waals surface area contributed by atoms with E-state index in [0.29, 0.717) is 17.1 Å². The lowest BCUT2D eigenvalue weighted by atomic mass is 10.1. The van der Waals surface area contributed by atoms with Crippen molar-refractivity contribution in [3.05, 3.63) is 94.0 Å². The van der Waals surface area contributed by atoms with E-state index in [1.54, 1.807) is 49.6 Å². The van der Waals surface area contributed by atoms with E-state index in [0.717, 1.165) is 10.0 Å². The average molecular weight is 455 g/mol. The zero-order valence-corrected chi connectivity index (χ0v) is 17.2. The van der Waals surface area contributed by atoms with E-state index in [1.807, 2.05) is 24.3 Å². The fourth-order valence-corrected chi connectivity index (χ4v) is 2.76. The monoisotopic (exact) mass is 454 g/mol. The van der Waals surface area contributed by atoms with Crippen LogP contribution < -0.4 is 15.4 Å². The summed E-state index contributed by atoms with van der Waals surface area (Å²) in [6.07, 6.45) is 3.15. The zero-order chi connectivity index (χ0) is 20.6. The number of carbonyl (C=O) groups excluding carboxylic acids is 2. The van der Waals surface area contributed by atoms with Gasteiger partial charge in [-0.25, -0.2) is 0 Å². The SMILES string of the molecule is COc1ccc(C(=O)NC(=Cc2ccc(Br)cc2)C(=O)NCc2ccco2)cc1. The Morgan fingerprint density at radius 2 is 1.79 bits per heavy atom. The maximum atomic E-state index is 12.7. The van der Waals surface area contributed by atoms with Gasteiger partial charge in [-0.1, -0.05) is 28.1 Å². The number of rotatable bonds is 7. The van der Waals surface area contributed by atoms with Crippen LogP contribution in [0.4, 0.5) is 0 Å². The second-order valence-electron chi connectivity index (χ2n) is 6.05. The van der Waals surface area contributed by atoms with Gasteiger partial charge in [-0.05, 0) is 60.2 Å². The summed E-state index contributed by atoms with van der Waals surface area (Å²) >= 11 is 3.38. The van der Waals surface area contributed by atoms with Crippen LogP contribution in [0.25, 0.3) is 6.08 Å². The van der Waals surface area contributed by atoms with Crippen molar-refractivity contribution in [2.45, 2.75) is 6.54 Å². The largest absolute Gasteiger partial charge is 0.497 e. The van der Waals surface area contributed by atoms with Crippen molar-refractivity contribution in [3.63, 3.8) is 0 Å². The van der Waals surface area contributed by atoms with E-state index < -0.39 is 11.8 Å². The van der Waals surface area contributed by atoms with E-state index in [-0.39, 0.29) is 12.2 Å². The predicted octanol–water partition coefficient (Wildman–Crippen LogP) is 4.14. The third-order valence-electron chi connectivity index (χ3n) is 4.03. The Kier molecular flexibility index (Phi) is 6.86. The van der Waals surface area contributed by atoms with E-state index in [2.05, 4.69) is 26.6 Å². The maximum Gasteiger partial charge on any atom is 0.268 e. The molecule has 0 saturated carbocycles. The van der Waals surface area contributed by atoms with Crippen molar-refractivity contribution in [1.82, 2.24) is 10.6 Å². The van der Waals surface area contributed by atoms with Crippen LogP contribution in [0.15, 0.2) is 81.5 Å². The summed E-state index contributed by atoms with van der Waals surface area (Å²) in [7, 11) is 1.55. The number of carbonyl (C=O) groups is 2. The van der Waals surface area contributed by atoms with Crippen LogP contribution in [0.5, 0.6) is 5.75 Å². The first-order valence-electron chi connectivity index (χ1n) is 8.78. The van der Waals surface area contributed by atoms with Crippen molar-refractivity contribution in [2.24, 2.45) is 0 Å². The number of amides is 2.